The number of piperazine rings is 1. The van der Waals surface area contributed by atoms with Crippen LogP contribution >= 0.6 is 0 Å². The number of hydrogen-bond acceptors (Lipinski definition) is 8. The molecule has 9 nitrogen and oxygen atoms in total. The molecule has 0 bridgehead atoms. The van der Waals surface area contributed by atoms with E-state index in [4.69, 9.17) is 9.26 Å². The predicted molar refractivity (Wildman–Crippen MR) is 107 cm³/mol. The van der Waals surface area contributed by atoms with Crippen LogP contribution in [0.4, 0.5) is 10.6 Å². The van der Waals surface area contributed by atoms with Gasteiger partial charge in [-0.05, 0) is 38.3 Å². The number of rotatable bonds is 5. The fourth-order valence-electron chi connectivity index (χ4n) is 3.76. The number of amides is 1. The molecular formula is C20H28N6O3. The summed E-state index contributed by atoms with van der Waals surface area (Å²) in [6, 6.07) is 4.04. The van der Waals surface area contributed by atoms with Gasteiger partial charge in [0.05, 0.1) is 13.2 Å². The smallest absolute Gasteiger partial charge is 0.409 e. The van der Waals surface area contributed by atoms with E-state index in [0.29, 0.717) is 38.0 Å². The maximum Gasteiger partial charge on any atom is 0.409 e. The fourth-order valence-corrected chi connectivity index (χ4v) is 3.76. The highest BCUT2D eigenvalue weighted by atomic mass is 16.6. The Morgan fingerprint density at radius 2 is 1.90 bits per heavy atom. The summed E-state index contributed by atoms with van der Waals surface area (Å²) in [6.45, 7) is 7.72. The maximum absolute atomic E-state index is 11.8. The molecule has 0 spiro atoms. The Bertz CT molecular complexity index is 795. The Balaban J connectivity index is 1.31. The normalized spacial score (nSPS) is 18.1. The first-order valence-corrected chi connectivity index (χ1v) is 10.4. The number of carbonyl (C=O) groups excluding carboxylic acids is 1. The molecule has 0 aromatic carbocycles. The third-order valence-electron chi connectivity index (χ3n) is 5.41. The Labute approximate surface area is 170 Å². The average Bonchev–Trinajstić information content (AvgIpc) is 3.24. The van der Waals surface area contributed by atoms with Gasteiger partial charge in [0.1, 0.15) is 5.82 Å². The van der Waals surface area contributed by atoms with Gasteiger partial charge in [-0.2, -0.15) is 4.98 Å². The first-order chi connectivity index (χ1) is 14.2. The summed E-state index contributed by atoms with van der Waals surface area (Å²) in [5.74, 6) is 2.14. The average molecular weight is 400 g/mol. The molecule has 0 radical (unpaired) electrons. The van der Waals surface area contributed by atoms with Crippen LogP contribution in [0.15, 0.2) is 22.9 Å². The second kappa shape index (κ2) is 9.21. The molecule has 0 unspecified atom stereocenters. The van der Waals surface area contributed by atoms with Crippen molar-refractivity contribution in [2.75, 3.05) is 50.8 Å². The second-order valence-electron chi connectivity index (χ2n) is 7.43. The van der Waals surface area contributed by atoms with Crippen molar-refractivity contribution < 1.29 is 14.1 Å². The van der Waals surface area contributed by atoms with Crippen molar-refractivity contribution in [2.45, 2.75) is 32.7 Å². The van der Waals surface area contributed by atoms with Crippen molar-refractivity contribution in [3.05, 3.63) is 24.2 Å². The highest BCUT2D eigenvalue weighted by Crippen LogP contribution is 2.21. The maximum atomic E-state index is 11.8. The molecule has 29 heavy (non-hydrogen) atoms. The van der Waals surface area contributed by atoms with E-state index in [1.165, 1.54) is 19.3 Å². The molecular weight excluding hydrogens is 372 g/mol. The van der Waals surface area contributed by atoms with Gasteiger partial charge < -0.3 is 19.1 Å². The summed E-state index contributed by atoms with van der Waals surface area (Å²) in [7, 11) is 0. The lowest BCUT2D eigenvalue weighted by Crippen LogP contribution is -2.48. The largest absolute Gasteiger partial charge is 0.450 e. The van der Waals surface area contributed by atoms with Gasteiger partial charge >= 0.3 is 6.09 Å². The zero-order valence-corrected chi connectivity index (χ0v) is 16.9. The van der Waals surface area contributed by atoms with E-state index in [9.17, 15) is 4.79 Å². The summed E-state index contributed by atoms with van der Waals surface area (Å²) in [5, 5.41) is 4.11. The number of nitrogens with zero attached hydrogens (tertiary/aromatic N) is 6. The lowest BCUT2D eigenvalue weighted by Gasteiger charge is -2.33. The van der Waals surface area contributed by atoms with Gasteiger partial charge in [-0.1, -0.05) is 5.16 Å². The summed E-state index contributed by atoms with van der Waals surface area (Å²) in [5.41, 5.74) is 0.855. The number of pyridine rings is 1. The first-order valence-electron chi connectivity index (χ1n) is 10.4. The van der Waals surface area contributed by atoms with E-state index < -0.39 is 0 Å². The molecule has 2 aromatic rings. The van der Waals surface area contributed by atoms with Gasteiger partial charge in [-0.3, -0.25) is 4.90 Å². The third-order valence-corrected chi connectivity index (χ3v) is 5.41. The van der Waals surface area contributed by atoms with Crippen LogP contribution in [0.5, 0.6) is 0 Å². The van der Waals surface area contributed by atoms with Crippen molar-refractivity contribution in [3.8, 4) is 11.4 Å². The number of ether oxygens (including phenoxy) is 1. The molecule has 9 heteroatoms. The van der Waals surface area contributed by atoms with Crippen LogP contribution < -0.4 is 4.90 Å². The van der Waals surface area contributed by atoms with Crippen LogP contribution in [0.2, 0.25) is 0 Å². The minimum atomic E-state index is -0.243. The van der Waals surface area contributed by atoms with E-state index in [1.807, 2.05) is 25.3 Å². The van der Waals surface area contributed by atoms with Crippen LogP contribution in [-0.2, 0) is 11.3 Å². The molecule has 2 aliphatic rings. The topological polar surface area (TPSA) is 87.8 Å². The summed E-state index contributed by atoms with van der Waals surface area (Å²) < 4.78 is 10.5. The summed E-state index contributed by atoms with van der Waals surface area (Å²) >= 11 is 0. The molecule has 0 atom stereocenters. The van der Waals surface area contributed by atoms with Gasteiger partial charge in [-0.25, -0.2) is 9.78 Å². The number of aromatic nitrogens is 3. The van der Waals surface area contributed by atoms with Crippen molar-refractivity contribution in [3.63, 3.8) is 0 Å². The second-order valence-corrected chi connectivity index (χ2v) is 7.43. The SMILES string of the molecule is CCOC(=O)N1CCN(Cc2nc(-c3ccc(N4CCCCC4)nc3)no2)CC1. The minimum absolute atomic E-state index is 0.243. The number of hydrogen-bond donors (Lipinski definition) is 0. The van der Waals surface area contributed by atoms with Crippen LogP contribution in [0.25, 0.3) is 11.4 Å². The molecule has 1 amide bonds. The Hall–Kier alpha value is -2.68. The fraction of sp³-hybridized carbons (Fsp3) is 0.600. The van der Waals surface area contributed by atoms with Gasteiger partial charge in [0, 0.05) is 51.0 Å². The molecule has 4 rings (SSSR count). The minimum Gasteiger partial charge on any atom is -0.450 e. The number of anilines is 1. The van der Waals surface area contributed by atoms with Gasteiger partial charge in [-0.15, -0.1) is 0 Å². The van der Waals surface area contributed by atoms with E-state index in [2.05, 4.69) is 24.9 Å². The van der Waals surface area contributed by atoms with Crippen LogP contribution in [-0.4, -0.2) is 76.9 Å². The summed E-state index contributed by atoms with van der Waals surface area (Å²) in [6.07, 6.45) is 5.33. The Morgan fingerprint density at radius 1 is 1.10 bits per heavy atom. The van der Waals surface area contributed by atoms with Crippen molar-refractivity contribution in [1.82, 2.24) is 24.9 Å². The van der Waals surface area contributed by atoms with Crippen molar-refractivity contribution >= 4 is 11.9 Å². The van der Waals surface area contributed by atoms with E-state index in [-0.39, 0.29) is 6.09 Å². The third kappa shape index (κ3) is 4.84. The van der Waals surface area contributed by atoms with Gasteiger partial charge in [0.15, 0.2) is 0 Å². The zero-order chi connectivity index (χ0) is 20.1. The van der Waals surface area contributed by atoms with E-state index >= 15 is 0 Å². The van der Waals surface area contributed by atoms with Crippen LogP contribution in [0.1, 0.15) is 32.1 Å². The molecule has 2 saturated heterocycles. The Kier molecular flexibility index (Phi) is 6.24. The predicted octanol–water partition coefficient (Wildman–Crippen LogP) is 2.40. The molecule has 2 aliphatic heterocycles. The van der Waals surface area contributed by atoms with Gasteiger partial charge in [0.25, 0.3) is 0 Å². The molecule has 2 aromatic heterocycles. The first kappa shape index (κ1) is 19.6. The molecule has 2 fully saturated rings. The van der Waals surface area contributed by atoms with Crippen molar-refractivity contribution in [1.29, 1.82) is 0 Å². The molecule has 0 saturated carbocycles. The Morgan fingerprint density at radius 3 is 2.59 bits per heavy atom. The molecule has 0 aliphatic carbocycles. The van der Waals surface area contributed by atoms with E-state index in [1.54, 1.807) is 4.90 Å². The lowest BCUT2D eigenvalue weighted by molar-refractivity contribution is 0.0749. The van der Waals surface area contributed by atoms with E-state index in [0.717, 1.165) is 37.6 Å². The van der Waals surface area contributed by atoms with Crippen LogP contribution in [0, 0.1) is 0 Å². The highest BCUT2D eigenvalue weighted by Gasteiger charge is 2.23. The molecule has 4 heterocycles. The summed E-state index contributed by atoms with van der Waals surface area (Å²) in [4.78, 5) is 27.1. The standard InChI is InChI=1S/C20H28N6O3/c1-2-28-20(27)26-12-10-24(11-13-26)15-18-22-19(23-29-18)16-6-7-17(21-14-16)25-8-4-3-5-9-25/h6-7,14H,2-5,8-13,15H2,1H3. The highest BCUT2D eigenvalue weighted by molar-refractivity contribution is 5.67. The number of carbonyl (C=O) groups is 1. The monoisotopic (exact) mass is 400 g/mol. The van der Waals surface area contributed by atoms with Gasteiger partial charge in [0.2, 0.25) is 11.7 Å². The van der Waals surface area contributed by atoms with Crippen LogP contribution in [0.3, 0.4) is 0 Å². The quantitative estimate of drug-likeness (QED) is 0.756. The number of piperidine rings is 1. The lowest BCUT2D eigenvalue weighted by atomic mass is 10.1. The molecule has 156 valence electrons. The molecule has 0 N–H and O–H groups in total. The zero-order valence-electron chi connectivity index (χ0n) is 16.9. The van der Waals surface area contributed by atoms with Crippen molar-refractivity contribution in [2.24, 2.45) is 0 Å².